The van der Waals surface area contributed by atoms with Crippen LogP contribution in [0.1, 0.15) is 71.7 Å². The lowest BCUT2D eigenvalue weighted by atomic mass is 9.84. The zero-order valence-electron chi connectivity index (χ0n) is 37.3. The molecule has 4 aliphatic heterocycles. The van der Waals surface area contributed by atoms with E-state index in [0.717, 1.165) is 139 Å². The molecule has 0 saturated carbocycles. The molecule has 0 radical (unpaired) electrons. The number of likely N-dealkylation sites (N-methyl/N-ethyl adjacent to an activating group) is 2. The maximum atomic E-state index is 10.0. The predicted molar refractivity (Wildman–Crippen MR) is 274 cm³/mol. The van der Waals surface area contributed by atoms with E-state index in [0.29, 0.717) is 0 Å². The van der Waals surface area contributed by atoms with Gasteiger partial charge in [-0.3, -0.25) is 29.6 Å². The Balaban J connectivity index is 0.000000189. The van der Waals surface area contributed by atoms with Crippen LogP contribution in [0.5, 0.6) is 0 Å². The molecule has 2 aromatic carbocycles. The zero-order valence-corrected chi connectivity index (χ0v) is 38.8. The highest BCUT2D eigenvalue weighted by Gasteiger charge is 2.35. The number of fused-ring (bicyclic) bond motifs is 4. The third kappa shape index (κ3) is 11.4. The molecule has 2 atom stereocenters. The first-order chi connectivity index (χ1) is 30.7. The highest BCUT2D eigenvalue weighted by atomic mass is 35.5. The third-order valence-electron chi connectivity index (χ3n) is 14.0. The van der Waals surface area contributed by atoms with Gasteiger partial charge in [0.25, 0.3) is 0 Å². The Kier molecular flexibility index (Phi) is 17.1. The Morgan fingerprint density at radius 2 is 1.03 bits per heavy atom. The highest BCUT2D eigenvalue weighted by molar-refractivity contribution is 6.45. The Hall–Kier alpha value is -3.50. The van der Waals surface area contributed by atoms with Crippen LogP contribution in [0, 0.1) is 0 Å². The normalized spacial score (nSPS) is 22.4. The maximum Gasteiger partial charge on any atom is 0.376 e. The molecular weight excluding hydrogens is 850 g/mol. The number of aromatic nitrogens is 2. The number of pyridine rings is 2. The van der Waals surface area contributed by atoms with Crippen LogP contribution < -0.4 is 5.32 Å². The van der Waals surface area contributed by atoms with Crippen molar-refractivity contribution in [1.29, 1.82) is 0 Å². The van der Waals surface area contributed by atoms with E-state index >= 15 is 0 Å². The average molecular weight is 922 g/mol. The zero-order chi connectivity index (χ0) is 43.5. The Morgan fingerprint density at radius 3 is 1.46 bits per heavy atom. The Bertz CT molecular complexity index is 2260. The second-order valence-electron chi connectivity index (χ2n) is 18.2. The molecule has 4 fully saturated rings. The summed E-state index contributed by atoms with van der Waals surface area (Å²) in [6.07, 6.45) is 8.54. The molecule has 6 aliphatic rings. The van der Waals surface area contributed by atoms with Gasteiger partial charge in [-0.15, -0.1) is 0 Å². The molecule has 4 saturated heterocycles. The van der Waals surface area contributed by atoms with E-state index < -0.39 is 7.05 Å². The van der Waals surface area contributed by atoms with Crippen LogP contribution >= 0.6 is 23.2 Å². The van der Waals surface area contributed by atoms with Gasteiger partial charge in [0.1, 0.15) is 0 Å². The third-order valence-corrected chi connectivity index (χ3v) is 14.4. The Labute approximate surface area is 399 Å². The van der Waals surface area contributed by atoms with Gasteiger partial charge in [-0.2, -0.15) is 0 Å². The van der Waals surface area contributed by atoms with Crippen LogP contribution in [-0.2, 0) is 0 Å². The Morgan fingerprint density at radius 1 is 0.600 bits per heavy atom. The summed E-state index contributed by atoms with van der Waals surface area (Å²) in [5, 5.41) is 15.1. The molecule has 10 rings (SSSR count). The molecule has 0 amide bonds. The van der Waals surface area contributed by atoms with Gasteiger partial charge in [0, 0.05) is 140 Å². The summed E-state index contributed by atoms with van der Waals surface area (Å²) >= 11 is 13.1. The molecular formula is C51H71BCl2N10O. The van der Waals surface area contributed by atoms with Crippen molar-refractivity contribution in [2.24, 2.45) is 0 Å². The quantitative estimate of drug-likeness (QED) is 0.193. The van der Waals surface area contributed by atoms with Crippen LogP contribution in [0.3, 0.4) is 0 Å². The number of hydrogen-bond donors (Lipinski definition) is 2. The van der Waals surface area contributed by atoms with E-state index in [9.17, 15) is 5.02 Å². The molecule has 4 aromatic rings. The first kappa shape index (κ1) is 49.4. The summed E-state index contributed by atoms with van der Waals surface area (Å²) in [6, 6.07) is 21.5. The van der Waals surface area contributed by atoms with E-state index in [-0.39, 0.29) is 26.9 Å². The standard InChI is InChI=1S/C25H33BClN5O.C24H30ClN5.2CH4/c1-26(33)32-14-12-31(13-15-32)25-22-6-5-21(27)17-23(22)20(16-19-4-3-7-28-24(19)25)18-30-10-8-29(2)9-11-30;1-28-11-13-29(14-12-28)17-19-15-18-3-2-6-27-23(18)24(30-9-7-26-8-10-30)21-5-4-20(25)16-22(19)21;;/h3-7,16-17,25,33H,8-15,18H2,1-2H3;2-6,15-16,24,26H,7-14,17H2,1H3;2*1H4. The van der Waals surface area contributed by atoms with Crippen molar-refractivity contribution in [2.75, 3.05) is 132 Å². The van der Waals surface area contributed by atoms with E-state index in [4.69, 9.17) is 33.2 Å². The van der Waals surface area contributed by atoms with Crippen molar-refractivity contribution in [2.45, 2.75) is 33.8 Å². The van der Waals surface area contributed by atoms with Crippen LogP contribution in [0.4, 0.5) is 0 Å². The number of piperazine rings is 4. The molecule has 348 valence electrons. The van der Waals surface area contributed by atoms with E-state index in [1.165, 1.54) is 44.5 Å². The minimum absolute atomic E-state index is 0. The fourth-order valence-corrected chi connectivity index (χ4v) is 10.6. The van der Waals surface area contributed by atoms with Crippen LogP contribution in [0.2, 0.25) is 16.9 Å². The van der Waals surface area contributed by atoms with E-state index in [2.05, 4.69) is 108 Å². The van der Waals surface area contributed by atoms with Crippen LogP contribution in [-0.4, -0.2) is 188 Å². The highest BCUT2D eigenvalue weighted by Crippen LogP contribution is 2.42. The summed E-state index contributed by atoms with van der Waals surface area (Å²) in [5.74, 6) is 0. The summed E-state index contributed by atoms with van der Waals surface area (Å²) in [7, 11) is 3.99. The summed E-state index contributed by atoms with van der Waals surface area (Å²) in [5.41, 5.74) is 12.5. The maximum absolute atomic E-state index is 10.0. The fraction of sp³-hybridized carbons (Fsp3) is 0.490. The lowest BCUT2D eigenvalue weighted by Gasteiger charge is -2.40. The SMILES string of the molecule is C.C.CB(O)N1CCN(C2c3ccc(Cl)cc3C(CN3CCN(C)CC3)=Cc3cccnc32)CC1.CN1CCN(CC2=Cc3cccnc3C(N3CCNCC3)c3ccc(Cl)cc32)CC1. The van der Waals surface area contributed by atoms with Gasteiger partial charge in [0.15, 0.2) is 0 Å². The number of nitrogens with zero attached hydrogens (tertiary/aromatic N) is 9. The van der Waals surface area contributed by atoms with Crippen molar-refractivity contribution >= 4 is 53.6 Å². The second-order valence-corrected chi connectivity index (χ2v) is 19.1. The van der Waals surface area contributed by atoms with Gasteiger partial charge in [-0.1, -0.05) is 62.3 Å². The molecule has 0 spiro atoms. The van der Waals surface area contributed by atoms with Gasteiger partial charge < -0.3 is 25.0 Å². The molecule has 2 aliphatic carbocycles. The van der Waals surface area contributed by atoms with Gasteiger partial charge in [-0.05, 0) is 114 Å². The van der Waals surface area contributed by atoms with E-state index in [1.807, 2.05) is 37.4 Å². The van der Waals surface area contributed by atoms with Gasteiger partial charge in [0.2, 0.25) is 0 Å². The summed E-state index contributed by atoms with van der Waals surface area (Å²) < 4.78 is 0. The molecule has 0 bridgehead atoms. The monoisotopic (exact) mass is 921 g/mol. The van der Waals surface area contributed by atoms with Crippen molar-refractivity contribution in [1.82, 2.24) is 49.5 Å². The first-order valence-corrected chi connectivity index (χ1v) is 23.8. The summed E-state index contributed by atoms with van der Waals surface area (Å²) in [4.78, 5) is 26.9. The van der Waals surface area contributed by atoms with Crippen molar-refractivity contribution in [3.05, 3.63) is 128 Å². The van der Waals surface area contributed by atoms with Crippen LogP contribution in [0.25, 0.3) is 23.3 Å². The largest absolute Gasteiger partial charge is 0.437 e. The molecule has 11 nitrogen and oxygen atoms in total. The smallest absolute Gasteiger partial charge is 0.376 e. The van der Waals surface area contributed by atoms with Crippen molar-refractivity contribution in [3.8, 4) is 0 Å². The van der Waals surface area contributed by atoms with Crippen molar-refractivity contribution < 1.29 is 5.02 Å². The van der Waals surface area contributed by atoms with Gasteiger partial charge in [0.05, 0.1) is 23.5 Å². The molecule has 65 heavy (non-hydrogen) atoms. The number of benzene rings is 2. The molecule has 2 aromatic heterocycles. The lowest BCUT2D eigenvalue weighted by Crippen LogP contribution is -2.52. The second kappa shape index (κ2) is 22.5. The fourth-order valence-electron chi connectivity index (χ4n) is 10.3. The molecule has 2 N–H and O–H groups in total. The van der Waals surface area contributed by atoms with E-state index in [1.54, 1.807) is 0 Å². The number of hydrogen-bond acceptors (Lipinski definition) is 11. The van der Waals surface area contributed by atoms with Gasteiger partial charge >= 0.3 is 7.05 Å². The first-order valence-electron chi connectivity index (χ1n) is 23.0. The van der Waals surface area contributed by atoms with Crippen molar-refractivity contribution in [3.63, 3.8) is 0 Å². The topological polar surface area (TPSA) is 80.7 Å². The number of nitrogens with one attached hydrogen (secondary N) is 1. The molecule has 2 unspecified atom stereocenters. The summed E-state index contributed by atoms with van der Waals surface area (Å²) in [6.45, 7) is 20.1. The lowest BCUT2D eigenvalue weighted by molar-refractivity contribution is 0.144. The van der Waals surface area contributed by atoms with Gasteiger partial charge in [-0.25, -0.2) is 0 Å². The number of rotatable bonds is 7. The molecule has 14 heteroatoms. The predicted octanol–water partition coefficient (Wildman–Crippen LogP) is 6.76. The average Bonchev–Trinajstić information content (AvgIpc) is 3.52. The number of halogens is 2. The minimum atomic E-state index is -0.408. The van der Waals surface area contributed by atoms with Crippen LogP contribution in [0.15, 0.2) is 73.1 Å². The minimum Gasteiger partial charge on any atom is -0.437 e. The molecule has 6 heterocycles.